The Balaban J connectivity index is 1.52. The van der Waals surface area contributed by atoms with Crippen molar-refractivity contribution in [1.29, 1.82) is 0 Å². The number of likely N-dealkylation sites (N-methyl/N-ethyl adjacent to an activating group) is 1. The minimum atomic E-state index is -0.225. The summed E-state index contributed by atoms with van der Waals surface area (Å²) in [5.74, 6) is -0.354. The average molecular weight is 479 g/mol. The molecule has 0 spiro atoms. The highest BCUT2D eigenvalue weighted by molar-refractivity contribution is 8.27. The molecule has 2 saturated heterocycles. The second-order valence-corrected chi connectivity index (χ2v) is 10.5. The van der Waals surface area contributed by atoms with E-state index in [1.54, 1.807) is 9.80 Å². The predicted molar refractivity (Wildman–Crippen MR) is 138 cm³/mol. The number of carbonyl (C=O) groups excluding carboxylic acids is 2. The Kier molecular flexibility index (Phi) is 5.86. The molecule has 2 amide bonds. The van der Waals surface area contributed by atoms with Gasteiger partial charge in [-0.25, -0.2) is 0 Å². The molecular formula is C25H26N4O2S2. The van der Waals surface area contributed by atoms with Crippen LogP contribution in [0.3, 0.4) is 0 Å². The summed E-state index contributed by atoms with van der Waals surface area (Å²) in [5, 5.41) is 0. The number of thioether (sulfide) groups is 1. The minimum absolute atomic E-state index is 0.128. The average Bonchev–Trinajstić information content (AvgIpc) is 3.22. The third-order valence-electron chi connectivity index (χ3n) is 6.45. The smallest absolute Gasteiger partial charge is 0.271 e. The normalized spacial score (nSPS) is 22.0. The molecule has 3 aliphatic heterocycles. The summed E-state index contributed by atoms with van der Waals surface area (Å²) >= 11 is 6.83. The molecule has 6 nitrogen and oxygen atoms in total. The van der Waals surface area contributed by atoms with Gasteiger partial charge in [-0.1, -0.05) is 59.9 Å². The molecule has 0 saturated carbocycles. The zero-order valence-corrected chi connectivity index (χ0v) is 20.6. The molecule has 2 aromatic carbocycles. The monoisotopic (exact) mass is 478 g/mol. The van der Waals surface area contributed by atoms with Crippen LogP contribution in [0, 0.1) is 13.8 Å². The number of nitrogens with zero attached hydrogens (tertiary/aromatic N) is 4. The van der Waals surface area contributed by atoms with Gasteiger partial charge in [0.15, 0.2) is 4.32 Å². The summed E-state index contributed by atoms with van der Waals surface area (Å²) in [7, 11) is 2.11. The Morgan fingerprint density at radius 3 is 2.39 bits per heavy atom. The first-order valence-electron chi connectivity index (χ1n) is 11.0. The van der Waals surface area contributed by atoms with Crippen molar-refractivity contribution >= 4 is 57.1 Å². The van der Waals surface area contributed by atoms with E-state index in [1.165, 1.54) is 11.8 Å². The third kappa shape index (κ3) is 3.91. The van der Waals surface area contributed by atoms with E-state index in [2.05, 4.69) is 16.8 Å². The lowest BCUT2D eigenvalue weighted by atomic mass is 10.1. The standard InChI is InChI=1S/C25H26N4O2S2/c1-16-8-9-19(17(2)14-16)29-24(31)22(33-25(29)32)21-18-6-4-5-7-20(18)28(23(21)30)15-27-12-10-26(3)11-13-27/h4-9,14H,10-13,15H2,1-3H3. The number of hydrogen-bond acceptors (Lipinski definition) is 6. The van der Waals surface area contributed by atoms with Crippen LogP contribution in [0.15, 0.2) is 47.4 Å². The zero-order chi connectivity index (χ0) is 23.3. The predicted octanol–water partition coefficient (Wildman–Crippen LogP) is 3.63. The van der Waals surface area contributed by atoms with Gasteiger partial charge in [-0.15, -0.1) is 0 Å². The van der Waals surface area contributed by atoms with E-state index in [0.717, 1.165) is 54.2 Å². The molecule has 0 aromatic heterocycles. The number of piperazine rings is 1. The van der Waals surface area contributed by atoms with Gasteiger partial charge in [-0.2, -0.15) is 0 Å². The number of anilines is 2. The lowest BCUT2D eigenvalue weighted by molar-refractivity contribution is -0.115. The van der Waals surface area contributed by atoms with Crippen molar-refractivity contribution in [3.05, 3.63) is 64.1 Å². The quantitative estimate of drug-likeness (QED) is 0.496. The maximum atomic E-state index is 13.7. The van der Waals surface area contributed by atoms with Crippen LogP contribution in [-0.2, 0) is 9.59 Å². The molecule has 3 heterocycles. The molecule has 0 unspecified atom stereocenters. The second kappa shape index (κ2) is 8.68. The molecule has 2 aromatic rings. The van der Waals surface area contributed by atoms with Gasteiger partial charge in [0.25, 0.3) is 11.8 Å². The maximum Gasteiger partial charge on any atom is 0.271 e. The van der Waals surface area contributed by atoms with Gasteiger partial charge < -0.3 is 4.90 Å². The van der Waals surface area contributed by atoms with Crippen molar-refractivity contribution in [1.82, 2.24) is 9.80 Å². The van der Waals surface area contributed by atoms with Gasteiger partial charge in [0.1, 0.15) is 0 Å². The molecule has 5 rings (SSSR count). The van der Waals surface area contributed by atoms with Crippen LogP contribution in [0.1, 0.15) is 16.7 Å². The van der Waals surface area contributed by atoms with Crippen molar-refractivity contribution in [2.75, 3.05) is 49.7 Å². The van der Waals surface area contributed by atoms with Crippen molar-refractivity contribution in [3.8, 4) is 0 Å². The van der Waals surface area contributed by atoms with E-state index in [1.807, 2.05) is 56.3 Å². The second-order valence-electron chi connectivity index (χ2n) is 8.82. The molecule has 3 aliphatic rings. The number of carbonyl (C=O) groups is 2. The Morgan fingerprint density at radius 1 is 0.939 bits per heavy atom. The van der Waals surface area contributed by atoms with Crippen molar-refractivity contribution in [3.63, 3.8) is 0 Å². The first kappa shape index (κ1) is 22.3. The van der Waals surface area contributed by atoms with Gasteiger partial charge in [-0.05, 0) is 38.6 Å². The van der Waals surface area contributed by atoms with Crippen LogP contribution in [0.4, 0.5) is 11.4 Å². The number of rotatable bonds is 3. The molecule has 0 radical (unpaired) electrons. The summed E-state index contributed by atoms with van der Waals surface area (Å²) in [6.45, 7) is 8.29. The van der Waals surface area contributed by atoms with Crippen molar-refractivity contribution in [2.45, 2.75) is 13.8 Å². The lowest BCUT2D eigenvalue weighted by Crippen LogP contribution is -2.49. The number of fused-ring (bicyclic) bond motifs is 1. The van der Waals surface area contributed by atoms with Crippen molar-refractivity contribution in [2.24, 2.45) is 0 Å². The SMILES string of the molecule is Cc1ccc(N2C(=O)C(=C3C(=O)N(CN4CCN(C)CC4)c4ccccc43)SC2=S)c(C)c1. The van der Waals surface area contributed by atoms with Gasteiger partial charge in [0.05, 0.1) is 28.5 Å². The highest BCUT2D eigenvalue weighted by Crippen LogP contribution is 2.46. The number of hydrogen-bond donors (Lipinski definition) is 0. The molecule has 170 valence electrons. The third-order valence-corrected chi connectivity index (χ3v) is 7.82. The molecule has 2 fully saturated rings. The first-order chi connectivity index (χ1) is 15.8. The maximum absolute atomic E-state index is 13.7. The minimum Gasteiger partial charge on any atom is -0.304 e. The van der Waals surface area contributed by atoms with Crippen LogP contribution < -0.4 is 9.80 Å². The summed E-state index contributed by atoms with van der Waals surface area (Å²) in [5.41, 5.74) is 4.99. The lowest BCUT2D eigenvalue weighted by Gasteiger charge is -2.34. The molecule has 0 N–H and O–H groups in total. The van der Waals surface area contributed by atoms with Crippen molar-refractivity contribution < 1.29 is 9.59 Å². The van der Waals surface area contributed by atoms with Crippen LogP contribution in [0.5, 0.6) is 0 Å². The highest BCUT2D eigenvalue weighted by atomic mass is 32.2. The van der Waals surface area contributed by atoms with E-state index in [4.69, 9.17) is 12.2 Å². The Bertz CT molecular complexity index is 1200. The van der Waals surface area contributed by atoms with Crippen LogP contribution in [0.2, 0.25) is 0 Å². The van der Waals surface area contributed by atoms with E-state index < -0.39 is 0 Å². The van der Waals surface area contributed by atoms with Crippen LogP contribution in [0.25, 0.3) is 5.57 Å². The molecule has 0 atom stereocenters. The fourth-order valence-electron chi connectivity index (χ4n) is 4.61. The van der Waals surface area contributed by atoms with Gasteiger partial charge >= 0.3 is 0 Å². The first-order valence-corrected chi connectivity index (χ1v) is 12.3. The number of benzene rings is 2. The Hall–Kier alpha value is -2.52. The zero-order valence-electron chi connectivity index (χ0n) is 19.0. The molecule has 0 bridgehead atoms. The molecule has 0 aliphatic carbocycles. The molecular weight excluding hydrogens is 452 g/mol. The van der Waals surface area contributed by atoms with Gasteiger partial charge in [-0.3, -0.25) is 24.3 Å². The Morgan fingerprint density at radius 2 is 1.67 bits per heavy atom. The summed E-state index contributed by atoms with van der Waals surface area (Å²) < 4.78 is 0.456. The summed E-state index contributed by atoms with van der Waals surface area (Å²) in [6, 6.07) is 13.7. The topological polar surface area (TPSA) is 47.1 Å². The van der Waals surface area contributed by atoms with E-state index in [-0.39, 0.29) is 11.8 Å². The molecule has 33 heavy (non-hydrogen) atoms. The number of para-hydroxylation sites is 1. The van der Waals surface area contributed by atoms with E-state index >= 15 is 0 Å². The van der Waals surface area contributed by atoms with E-state index in [0.29, 0.717) is 21.5 Å². The van der Waals surface area contributed by atoms with E-state index in [9.17, 15) is 9.59 Å². The van der Waals surface area contributed by atoms with Gasteiger partial charge in [0, 0.05) is 31.7 Å². The highest BCUT2D eigenvalue weighted by Gasteiger charge is 2.43. The fraction of sp³-hybridized carbons (Fsp3) is 0.320. The largest absolute Gasteiger partial charge is 0.304 e. The number of aryl methyl sites for hydroxylation is 2. The van der Waals surface area contributed by atoms with Gasteiger partial charge in [0.2, 0.25) is 0 Å². The Labute approximate surface area is 203 Å². The summed E-state index contributed by atoms with van der Waals surface area (Å²) in [4.78, 5) is 35.7. The number of amides is 2. The fourth-order valence-corrected chi connectivity index (χ4v) is 5.97. The number of thiocarbonyl (C=S) groups is 1. The molecule has 8 heteroatoms. The van der Waals surface area contributed by atoms with Crippen LogP contribution in [-0.4, -0.2) is 65.8 Å². The summed E-state index contributed by atoms with van der Waals surface area (Å²) in [6.07, 6.45) is 0. The van der Waals surface area contributed by atoms with Crippen LogP contribution >= 0.6 is 24.0 Å².